The molecule has 0 radical (unpaired) electrons. The van der Waals surface area contributed by atoms with E-state index in [1.165, 1.54) is 18.2 Å². The number of hydrogen-bond acceptors (Lipinski definition) is 6. The van der Waals surface area contributed by atoms with Crippen LogP contribution >= 0.6 is 12.6 Å². The van der Waals surface area contributed by atoms with Gasteiger partial charge in [-0.25, -0.2) is 9.78 Å². The molecule has 1 rings (SSSR count). The molecule has 1 aromatic heterocycles. The Hall–Kier alpha value is -1.50. The normalized spacial score (nSPS) is 11.8. The highest BCUT2D eigenvalue weighted by atomic mass is 32.1. The molecule has 0 fully saturated rings. The zero-order valence-electron chi connectivity index (χ0n) is 10.2. The minimum Gasteiger partial charge on any atom is -0.490 e. The van der Waals surface area contributed by atoms with Crippen LogP contribution in [-0.2, 0) is 0 Å². The van der Waals surface area contributed by atoms with Crippen molar-refractivity contribution < 1.29 is 14.3 Å². The summed E-state index contributed by atoms with van der Waals surface area (Å²) in [7, 11) is 4.62. The van der Waals surface area contributed by atoms with Gasteiger partial charge >= 0.3 is 6.09 Å². The first-order valence-electron chi connectivity index (χ1n) is 4.93. The van der Waals surface area contributed by atoms with Gasteiger partial charge < -0.3 is 14.4 Å². The van der Waals surface area contributed by atoms with Gasteiger partial charge in [-0.15, -0.1) is 0 Å². The molecule has 1 atom stereocenters. The highest BCUT2D eigenvalue weighted by Crippen LogP contribution is 2.26. The van der Waals surface area contributed by atoms with E-state index in [0.717, 1.165) is 0 Å². The summed E-state index contributed by atoms with van der Waals surface area (Å²) in [4.78, 5) is 20.9. The van der Waals surface area contributed by atoms with Gasteiger partial charge in [0, 0.05) is 14.1 Å². The smallest absolute Gasteiger partial charge is 0.416 e. The number of hydrogen-bond donors (Lipinski definition) is 1. The Labute approximate surface area is 105 Å². The third-order valence-electron chi connectivity index (χ3n) is 1.88. The molecule has 0 bridgehead atoms. The average Bonchev–Trinajstić information content (AvgIpc) is 2.28. The van der Waals surface area contributed by atoms with Crippen LogP contribution in [-0.4, -0.2) is 42.2 Å². The van der Waals surface area contributed by atoms with E-state index in [1.54, 1.807) is 14.1 Å². The fourth-order valence-corrected chi connectivity index (χ4v) is 1.08. The van der Waals surface area contributed by atoms with Crippen molar-refractivity contribution in [2.75, 3.05) is 21.2 Å². The van der Waals surface area contributed by atoms with Crippen molar-refractivity contribution in [3.05, 3.63) is 12.0 Å². The molecule has 0 N–H and O–H groups in total. The predicted molar refractivity (Wildman–Crippen MR) is 65.7 cm³/mol. The largest absolute Gasteiger partial charge is 0.490 e. The summed E-state index contributed by atoms with van der Waals surface area (Å²) in [6.45, 7) is 1.82. The van der Waals surface area contributed by atoms with E-state index >= 15 is 0 Å². The van der Waals surface area contributed by atoms with Gasteiger partial charge in [0.15, 0.2) is 5.75 Å². The molecule has 94 valence electrons. The molecular formula is C10H15N3O3S. The first kappa shape index (κ1) is 13.6. The van der Waals surface area contributed by atoms with Crippen LogP contribution in [0.5, 0.6) is 11.6 Å². The number of methoxy groups -OCH3 is 1. The van der Waals surface area contributed by atoms with Gasteiger partial charge in [-0.2, -0.15) is 17.6 Å². The maximum Gasteiger partial charge on any atom is 0.416 e. The molecule has 6 nitrogen and oxygen atoms in total. The molecule has 0 aliphatic carbocycles. The summed E-state index contributed by atoms with van der Waals surface area (Å²) >= 11 is 4.21. The fraction of sp³-hybridized carbons (Fsp3) is 0.500. The monoisotopic (exact) mass is 257 g/mol. The summed E-state index contributed by atoms with van der Waals surface area (Å²) in [5.41, 5.74) is 0. The molecule has 0 aromatic carbocycles. The molecule has 0 saturated heterocycles. The van der Waals surface area contributed by atoms with Crippen molar-refractivity contribution in [1.82, 2.24) is 14.9 Å². The zero-order chi connectivity index (χ0) is 13.0. The van der Waals surface area contributed by atoms with E-state index in [9.17, 15) is 4.79 Å². The third-order valence-corrected chi connectivity index (χ3v) is 2.11. The number of amides is 1. The SMILES string of the molecule is COc1cnc(C(C)S)nc1OC(=O)N(C)C. The van der Waals surface area contributed by atoms with Crippen LogP contribution < -0.4 is 9.47 Å². The van der Waals surface area contributed by atoms with Crippen molar-refractivity contribution in [1.29, 1.82) is 0 Å². The first-order chi connectivity index (χ1) is 7.95. The van der Waals surface area contributed by atoms with Crippen LogP contribution in [0.3, 0.4) is 0 Å². The molecule has 0 aliphatic heterocycles. The number of nitrogens with zero attached hydrogens (tertiary/aromatic N) is 3. The Morgan fingerprint density at radius 2 is 2.18 bits per heavy atom. The molecule has 0 aliphatic rings. The summed E-state index contributed by atoms with van der Waals surface area (Å²) in [6.07, 6.45) is 0.924. The molecule has 17 heavy (non-hydrogen) atoms. The lowest BCUT2D eigenvalue weighted by Gasteiger charge is -2.13. The molecule has 0 spiro atoms. The second kappa shape index (κ2) is 5.72. The van der Waals surface area contributed by atoms with Gasteiger partial charge in [-0.05, 0) is 6.92 Å². The van der Waals surface area contributed by atoms with Gasteiger partial charge in [-0.3, -0.25) is 0 Å². The number of ether oxygens (including phenoxy) is 2. The van der Waals surface area contributed by atoms with Crippen molar-refractivity contribution in [3.8, 4) is 11.6 Å². The summed E-state index contributed by atoms with van der Waals surface area (Å²) in [5, 5.41) is -0.155. The first-order valence-corrected chi connectivity index (χ1v) is 5.45. The van der Waals surface area contributed by atoms with Crippen molar-refractivity contribution in [2.24, 2.45) is 0 Å². The molecule has 1 amide bonds. The highest BCUT2D eigenvalue weighted by molar-refractivity contribution is 7.80. The predicted octanol–water partition coefficient (Wildman–Crippen LogP) is 1.54. The quantitative estimate of drug-likeness (QED) is 0.832. The molecular weight excluding hydrogens is 242 g/mol. The number of thiol groups is 1. The van der Waals surface area contributed by atoms with Gasteiger partial charge in [0.05, 0.1) is 18.6 Å². The van der Waals surface area contributed by atoms with Crippen molar-refractivity contribution in [2.45, 2.75) is 12.2 Å². The van der Waals surface area contributed by atoms with Crippen LogP contribution in [0.1, 0.15) is 18.0 Å². The topological polar surface area (TPSA) is 64.6 Å². The molecule has 1 aromatic rings. The maximum absolute atomic E-state index is 11.4. The van der Waals surface area contributed by atoms with E-state index in [1.807, 2.05) is 6.92 Å². The van der Waals surface area contributed by atoms with Gasteiger partial charge in [0.25, 0.3) is 5.88 Å². The Morgan fingerprint density at radius 3 is 2.65 bits per heavy atom. The van der Waals surface area contributed by atoms with Crippen molar-refractivity contribution in [3.63, 3.8) is 0 Å². The standard InChI is InChI=1S/C10H15N3O3S/c1-6(17)8-11-5-7(15-4)9(12-8)16-10(14)13(2)3/h5-6,17H,1-4H3. The average molecular weight is 257 g/mol. The second-order valence-corrected chi connectivity index (χ2v) is 4.31. The maximum atomic E-state index is 11.4. The molecule has 1 heterocycles. The summed E-state index contributed by atoms with van der Waals surface area (Å²) in [6, 6.07) is 0. The van der Waals surface area contributed by atoms with Crippen LogP contribution in [0, 0.1) is 0 Å². The van der Waals surface area contributed by atoms with E-state index < -0.39 is 6.09 Å². The minimum absolute atomic E-state index is 0.0945. The lowest BCUT2D eigenvalue weighted by molar-refractivity contribution is 0.167. The highest BCUT2D eigenvalue weighted by Gasteiger charge is 2.16. The zero-order valence-corrected chi connectivity index (χ0v) is 11.1. The molecule has 0 saturated carbocycles. The molecule has 1 unspecified atom stereocenters. The van der Waals surface area contributed by atoms with E-state index in [2.05, 4.69) is 22.6 Å². The summed E-state index contributed by atoms with van der Waals surface area (Å²) in [5.74, 6) is 0.866. The van der Waals surface area contributed by atoms with Crippen LogP contribution in [0.15, 0.2) is 6.20 Å². The van der Waals surface area contributed by atoms with Gasteiger partial charge in [0.2, 0.25) is 0 Å². The minimum atomic E-state index is -0.528. The second-order valence-electron chi connectivity index (χ2n) is 3.54. The Kier molecular flexibility index (Phi) is 4.56. The van der Waals surface area contributed by atoms with E-state index in [0.29, 0.717) is 11.6 Å². The van der Waals surface area contributed by atoms with E-state index in [4.69, 9.17) is 9.47 Å². The third kappa shape index (κ3) is 3.48. The van der Waals surface area contributed by atoms with Gasteiger partial charge in [-0.1, -0.05) is 0 Å². The number of carbonyl (C=O) groups is 1. The Morgan fingerprint density at radius 1 is 1.53 bits per heavy atom. The Balaban J connectivity index is 3.02. The summed E-state index contributed by atoms with van der Waals surface area (Å²) < 4.78 is 10.1. The van der Waals surface area contributed by atoms with Crippen molar-refractivity contribution >= 4 is 18.7 Å². The van der Waals surface area contributed by atoms with Crippen LogP contribution in [0.4, 0.5) is 4.79 Å². The van der Waals surface area contributed by atoms with Crippen LogP contribution in [0.25, 0.3) is 0 Å². The number of aromatic nitrogens is 2. The number of carbonyl (C=O) groups excluding carboxylic acids is 1. The van der Waals surface area contributed by atoms with E-state index in [-0.39, 0.29) is 11.1 Å². The lowest BCUT2D eigenvalue weighted by Crippen LogP contribution is -2.26. The van der Waals surface area contributed by atoms with Gasteiger partial charge in [0.1, 0.15) is 5.82 Å². The van der Waals surface area contributed by atoms with Crippen LogP contribution in [0.2, 0.25) is 0 Å². The Bertz CT molecular complexity index is 410. The fourth-order valence-electron chi connectivity index (χ4n) is 0.956. The number of rotatable bonds is 3. The molecule has 7 heteroatoms. The lowest BCUT2D eigenvalue weighted by atomic mass is 10.4.